The van der Waals surface area contributed by atoms with Crippen molar-refractivity contribution in [3.8, 4) is 0 Å². The van der Waals surface area contributed by atoms with Crippen molar-refractivity contribution in [2.45, 2.75) is 40.3 Å². The highest BCUT2D eigenvalue weighted by atomic mass is 14.9. The van der Waals surface area contributed by atoms with Crippen molar-refractivity contribution in [3.05, 3.63) is 23.9 Å². The number of aromatic nitrogens is 1. The molecule has 3 N–H and O–H groups in total. The van der Waals surface area contributed by atoms with Crippen LogP contribution in [-0.2, 0) is 6.54 Å². The topological polar surface area (TPSA) is 50.9 Å². The van der Waals surface area contributed by atoms with Crippen LogP contribution < -0.4 is 11.1 Å². The van der Waals surface area contributed by atoms with Gasteiger partial charge in [0.2, 0.25) is 0 Å². The minimum absolute atomic E-state index is 0.502. The summed E-state index contributed by atoms with van der Waals surface area (Å²) in [6.07, 6.45) is 1.80. The highest BCUT2D eigenvalue weighted by molar-refractivity contribution is 5.29. The number of nitrogens with one attached hydrogen (secondary N) is 1. The smallest absolute Gasteiger partial charge is 0.123 e. The van der Waals surface area contributed by atoms with Gasteiger partial charge in [-0.25, -0.2) is 4.98 Å². The van der Waals surface area contributed by atoms with E-state index in [9.17, 15) is 0 Å². The Hall–Kier alpha value is -1.09. The molecule has 1 aromatic rings. The van der Waals surface area contributed by atoms with Crippen LogP contribution in [0.2, 0.25) is 0 Å². The highest BCUT2D eigenvalue weighted by Crippen LogP contribution is 2.00. The minimum atomic E-state index is 0.502. The second-order valence-corrected chi connectivity index (χ2v) is 3.13. The molecule has 0 spiro atoms. The number of hydrogen-bond donors (Lipinski definition) is 2. The van der Waals surface area contributed by atoms with Crippen molar-refractivity contribution in [1.82, 2.24) is 10.3 Å². The summed E-state index contributed by atoms with van der Waals surface area (Å²) in [6, 6.07) is 4.30. The quantitative estimate of drug-likeness (QED) is 0.777. The molecule has 80 valence electrons. The van der Waals surface area contributed by atoms with E-state index in [0.29, 0.717) is 11.9 Å². The SMILES string of the molecule is CC.CC(C)NCc1ccc(N)nc1. The second kappa shape index (κ2) is 7.33. The molecule has 0 radical (unpaired) electrons. The maximum absolute atomic E-state index is 5.45. The molecule has 0 unspecified atom stereocenters. The van der Waals surface area contributed by atoms with Gasteiger partial charge in [0, 0.05) is 18.8 Å². The molecule has 1 rings (SSSR count). The molecule has 3 heteroatoms. The molecule has 1 heterocycles. The minimum Gasteiger partial charge on any atom is -0.384 e. The third-order valence-corrected chi connectivity index (χ3v) is 1.56. The largest absolute Gasteiger partial charge is 0.384 e. The van der Waals surface area contributed by atoms with Gasteiger partial charge in [0.15, 0.2) is 0 Å². The molecule has 3 nitrogen and oxygen atoms in total. The first-order chi connectivity index (χ1) is 6.68. The number of nitrogens with zero attached hydrogens (tertiary/aromatic N) is 1. The fraction of sp³-hybridized carbons (Fsp3) is 0.545. The summed E-state index contributed by atoms with van der Waals surface area (Å²) in [5.74, 6) is 0.572. The summed E-state index contributed by atoms with van der Waals surface area (Å²) in [7, 11) is 0. The van der Waals surface area contributed by atoms with Gasteiger partial charge in [-0.1, -0.05) is 33.8 Å². The zero-order valence-electron chi connectivity index (χ0n) is 9.54. The summed E-state index contributed by atoms with van der Waals surface area (Å²) in [6.45, 7) is 9.08. The average molecular weight is 195 g/mol. The van der Waals surface area contributed by atoms with Gasteiger partial charge in [-0.2, -0.15) is 0 Å². The van der Waals surface area contributed by atoms with Crippen LogP contribution in [0.1, 0.15) is 33.3 Å². The van der Waals surface area contributed by atoms with Crippen LogP contribution in [0.25, 0.3) is 0 Å². The molecular formula is C11H21N3. The van der Waals surface area contributed by atoms with Crippen molar-refractivity contribution in [1.29, 1.82) is 0 Å². The zero-order chi connectivity index (χ0) is 11.0. The van der Waals surface area contributed by atoms with Gasteiger partial charge in [0.1, 0.15) is 5.82 Å². The fourth-order valence-corrected chi connectivity index (χ4v) is 0.862. The van der Waals surface area contributed by atoms with Crippen molar-refractivity contribution < 1.29 is 0 Å². The van der Waals surface area contributed by atoms with Gasteiger partial charge < -0.3 is 11.1 Å². The molecule has 0 atom stereocenters. The molecule has 0 amide bonds. The maximum atomic E-state index is 5.45. The van der Waals surface area contributed by atoms with Gasteiger partial charge in [0.05, 0.1) is 0 Å². The van der Waals surface area contributed by atoms with E-state index in [0.717, 1.165) is 12.1 Å². The Morgan fingerprint density at radius 1 is 1.36 bits per heavy atom. The molecule has 0 bridgehead atoms. The fourth-order valence-electron chi connectivity index (χ4n) is 0.862. The maximum Gasteiger partial charge on any atom is 0.123 e. The van der Waals surface area contributed by atoms with Crippen molar-refractivity contribution in [3.63, 3.8) is 0 Å². The molecule has 0 aliphatic heterocycles. The summed E-state index contributed by atoms with van der Waals surface area (Å²) < 4.78 is 0. The number of nitrogen functional groups attached to an aromatic ring is 1. The third-order valence-electron chi connectivity index (χ3n) is 1.56. The summed E-state index contributed by atoms with van der Waals surface area (Å²) >= 11 is 0. The first kappa shape index (κ1) is 12.9. The molecule has 0 aliphatic carbocycles. The first-order valence-corrected chi connectivity index (χ1v) is 5.12. The van der Waals surface area contributed by atoms with Crippen LogP contribution >= 0.6 is 0 Å². The molecule has 0 aromatic carbocycles. The van der Waals surface area contributed by atoms with E-state index in [1.165, 1.54) is 0 Å². The van der Waals surface area contributed by atoms with Crippen LogP contribution in [0.4, 0.5) is 5.82 Å². The Morgan fingerprint density at radius 2 is 2.00 bits per heavy atom. The third kappa shape index (κ3) is 5.54. The number of rotatable bonds is 3. The monoisotopic (exact) mass is 195 g/mol. The van der Waals surface area contributed by atoms with Crippen molar-refractivity contribution in [2.24, 2.45) is 0 Å². The molecular weight excluding hydrogens is 174 g/mol. The van der Waals surface area contributed by atoms with Gasteiger partial charge >= 0.3 is 0 Å². The van der Waals surface area contributed by atoms with Gasteiger partial charge in [0.25, 0.3) is 0 Å². The van der Waals surface area contributed by atoms with E-state index in [-0.39, 0.29) is 0 Å². The molecule has 0 saturated heterocycles. The lowest BCUT2D eigenvalue weighted by Gasteiger charge is -2.07. The van der Waals surface area contributed by atoms with Gasteiger partial charge in [-0.3, -0.25) is 0 Å². The van der Waals surface area contributed by atoms with E-state index in [4.69, 9.17) is 5.73 Å². The Balaban J connectivity index is 0.000000791. The lowest BCUT2D eigenvalue weighted by Crippen LogP contribution is -2.21. The number of anilines is 1. The second-order valence-electron chi connectivity index (χ2n) is 3.13. The van der Waals surface area contributed by atoms with Crippen LogP contribution in [0.3, 0.4) is 0 Å². The molecule has 1 aromatic heterocycles. The molecule has 0 aliphatic rings. The van der Waals surface area contributed by atoms with Crippen molar-refractivity contribution >= 4 is 5.82 Å². The number of pyridine rings is 1. The Morgan fingerprint density at radius 3 is 2.43 bits per heavy atom. The first-order valence-electron chi connectivity index (χ1n) is 5.12. The van der Waals surface area contributed by atoms with Crippen LogP contribution in [-0.4, -0.2) is 11.0 Å². The predicted molar refractivity (Wildman–Crippen MR) is 62.0 cm³/mol. The standard InChI is InChI=1S/C9H15N3.C2H6/c1-7(2)11-5-8-3-4-9(10)12-6-8;1-2/h3-4,6-7,11H,5H2,1-2H3,(H2,10,12);1-2H3. The van der Waals surface area contributed by atoms with E-state index in [1.54, 1.807) is 6.20 Å². The molecule has 0 saturated carbocycles. The summed E-state index contributed by atoms with van der Waals surface area (Å²) in [5.41, 5.74) is 6.62. The van der Waals surface area contributed by atoms with E-state index >= 15 is 0 Å². The Bertz CT molecular complexity index is 229. The zero-order valence-corrected chi connectivity index (χ0v) is 9.54. The number of nitrogens with two attached hydrogens (primary N) is 1. The summed E-state index contributed by atoms with van der Waals surface area (Å²) in [4.78, 5) is 3.99. The molecule has 0 fully saturated rings. The van der Waals surface area contributed by atoms with Gasteiger partial charge in [-0.15, -0.1) is 0 Å². The highest BCUT2D eigenvalue weighted by Gasteiger charge is 1.94. The van der Waals surface area contributed by atoms with E-state index < -0.39 is 0 Å². The van der Waals surface area contributed by atoms with E-state index in [2.05, 4.69) is 24.1 Å². The lowest BCUT2D eigenvalue weighted by atomic mass is 10.2. The van der Waals surface area contributed by atoms with Crippen LogP contribution in [0.15, 0.2) is 18.3 Å². The van der Waals surface area contributed by atoms with Crippen LogP contribution in [0.5, 0.6) is 0 Å². The summed E-state index contributed by atoms with van der Waals surface area (Å²) in [5, 5.41) is 3.30. The van der Waals surface area contributed by atoms with Crippen LogP contribution in [0, 0.1) is 0 Å². The Labute approximate surface area is 86.7 Å². The van der Waals surface area contributed by atoms with Gasteiger partial charge in [-0.05, 0) is 11.6 Å². The Kier molecular flexibility index (Phi) is 6.76. The average Bonchev–Trinajstić information content (AvgIpc) is 2.20. The predicted octanol–water partition coefficient (Wildman–Crippen LogP) is 2.19. The van der Waals surface area contributed by atoms with E-state index in [1.807, 2.05) is 26.0 Å². The molecule has 14 heavy (non-hydrogen) atoms. The normalized spacial score (nSPS) is 9.50. The van der Waals surface area contributed by atoms with Crippen molar-refractivity contribution in [2.75, 3.05) is 5.73 Å². The number of hydrogen-bond acceptors (Lipinski definition) is 3. The lowest BCUT2D eigenvalue weighted by molar-refractivity contribution is 0.588.